The van der Waals surface area contributed by atoms with Crippen LogP contribution in [0.1, 0.15) is 21.5 Å². The number of ether oxygens (including phenoxy) is 1. The third-order valence-electron chi connectivity index (χ3n) is 3.56. The standard InChI is InChI=1S/C16H12F4N4O2/c1-9-4-5-22-24-14(9)11(8-23-24)7-21-15(25)10-2-3-13(12(17)6-10)26-16(18,19)20/h2-6,8H,7H2,1H3,(H,21,25). The van der Waals surface area contributed by atoms with Gasteiger partial charge < -0.3 is 10.1 Å². The number of carbonyl (C=O) groups is 1. The maximum absolute atomic E-state index is 13.7. The van der Waals surface area contributed by atoms with E-state index in [1.807, 2.05) is 6.92 Å². The Balaban J connectivity index is 1.73. The number of nitrogens with zero attached hydrogens (tertiary/aromatic N) is 3. The fourth-order valence-corrected chi connectivity index (χ4v) is 2.41. The van der Waals surface area contributed by atoms with Crippen LogP contribution in [0, 0.1) is 12.7 Å². The number of hydrogen-bond donors (Lipinski definition) is 1. The second-order valence-corrected chi connectivity index (χ2v) is 5.40. The smallest absolute Gasteiger partial charge is 0.403 e. The monoisotopic (exact) mass is 368 g/mol. The molecule has 0 aliphatic rings. The maximum Gasteiger partial charge on any atom is 0.573 e. The Morgan fingerprint density at radius 3 is 2.73 bits per heavy atom. The first-order chi connectivity index (χ1) is 12.2. The van der Waals surface area contributed by atoms with Gasteiger partial charge in [0.05, 0.1) is 11.7 Å². The number of carbonyl (C=O) groups excluding carboxylic acids is 1. The molecule has 2 aromatic heterocycles. The molecule has 1 N–H and O–H groups in total. The van der Waals surface area contributed by atoms with Crippen molar-refractivity contribution >= 4 is 11.4 Å². The zero-order valence-corrected chi connectivity index (χ0v) is 13.3. The van der Waals surface area contributed by atoms with E-state index in [0.717, 1.165) is 23.2 Å². The van der Waals surface area contributed by atoms with Gasteiger partial charge in [-0.1, -0.05) is 0 Å². The fourth-order valence-electron chi connectivity index (χ4n) is 2.41. The number of hydrogen-bond acceptors (Lipinski definition) is 4. The lowest BCUT2D eigenvalue weighted by Gasteiger charge is -2.10. The number of fused-ring (bicyclic) bond motifs is 1. The van der Waals surface area contributed by atoms with Crippen LogP contribution in [0.4, 0.5) is 17.6 Å². The van der Waals surface area contributed by atoms with Crippen molar-refractivity contribution in [1.29, 1.82) is 0 Å². The highest BCUT2D eigenvalue weighted by Crippen LogP contribution is 2.26. The van der Waals surface area contributed by atoms with E-state index in [0.29, 0.717) is 11.6 Å². The van der Waals surface area contributed by atoms with Crippen molar-refractivity contribution < 1.29 is 27.1 Å². The lowest BCUT2D eigenvalue weighted by atomic mass is 10.1. The van der Waals surface area contributed by atoms with Crippen LogP contribution in [0.15, 0.2) is 36.7 Å². The zero-order chi connectivity index (χ0) is 18.9. The first-order valence-corrected chi connectivity index (χ1v) is 7.36. The first kappa shape index (κ1) is 17.6. The molecule has 1 aromatic carbocycles. The van der Waals surface area contributed by atoms with E-state index in [1.54, 1.807) is 12.3 Å². The van der Waals surface area contributed by atoms with E-state index < -0.39 is 23.8 Å². The number of rotatable bonds is 4. The molecule has 6 nitrogen and oxygen atoms in total. The van der Waals surface area contributed by atoms with Gasteiger partial charge in [-0.2, -0.15) is 14.8 Å². The molecule has 1 amide bonds. The van der Waals surface area contributed by atoms with Crippen molar-refractivity contribution in [1.82, 2.24) is 20.1 Å². The molecule has 26 heavy (non-hydrogen) atoms. The van der Waals surface area contributed by atoms with Gasteiger partial charge in [0.25, 0.3) is 5.91 Å². The topological polar surface area (TPSA) is 68.5 Å². The van der Waals surface area contributed by atoms with Crippen LogP contribution in [0.3, 0.4) is 0 Å². The molecule has 3 aromatic rings. The molecule has 10 heteroatoms. The Bertz CT molecular complexity index is 969. The van der Waals surface area contributed by atoms with Crippen LogP contribution < -0.4 is 10.1 Å². The van der Waals surface area contributed by atoms with Gasteiger partial charge in [-0.05, 0) is 36.8 Å². The van der Waals surface area contributed by atoms with Crippen molar-refractivity contribution in [2.45, 2.75) is 19.8 Å². The Kier molecular flexibility index (Phi) is 4.49. The van der Waals surface area contributed by atoms with Gasteiger partial charge in [0, 0.05) is 23.9 Å². The highest BCUT2D eigenvalue weighted by molar-refractivity contribution is 5.94. The van der Waals surface area contributed by atoms with Crippen LogP contribution >= 0.6 is 0 Å². The second-order valence-electron chi connectivity index (χ2n) is 5.40. The molecule has 0 atom stereocenters. The van der Waals surface area contributed by atoms with E-state index in [1.165, 1.54) is 10.8 Å². The van der Waals surface area contributed by atoms with Gasteiger partial charge in [0.15, 0.2) is 11.6 Å². The molecule has 0 aliphatic heterocycles. The number of aryl methyl sites for hydroxylation is 1. The summed E-state index contributed by atoms with van der Waals surface area (Å²) in [6, 6.07) is 4.26. The SMILES string of the molecule is Cc1ccnn2ncc(CNC(=O)c3ccc(OC(F)(F)F)c(F)c3)c12. The quantitative estimate of drug-likeness (QED) is 0.719. The summed E-state index contributed by atoms with van der Waals surface area (Å²) in [5, 5.41) is 10.7. The zero-order valence-electron chi connectivity index (χ0n) is 13.3. The van der Waals surface area contributed by atoms with Gasteiger partial charge in [-0.15, -0.1) is 13.2 Å². The Morgan fingerprint density at radius 1 is 1.27 bits per heavy atom. The highest BCUT2D eigenvalue weighted by Gasteiger charge is 2.32. The van der Waals surface area contributed by atoms with E-state index >= 15 is 0 Å². The highest BCUT2D eigenvalue weighted by atomic mass is 19.4. The van der Waals surface area contributed by atoms with Gasteiger partial charge >= 0.3 is 6.36 Å². The Hall–Kier alpha value is -3.17. The summed E-state index contributed by atoms with van der Waals surface area (Å²) in [5.74, 6) is -2.94. The number of nitrogens with one attached hydrogen (secondary N) is 1. The average Bonchev–Trinajstić information content (AvgIpc) is 2.98. The molecule has 0 aliphatic carbocycles. The summed E-state index contributed by atoms with van der Waals surface area (Å²) in [6.07, 6.45) is -1.89. The number of aromatic nitrogens is 3. The lowest BCUT2D eigenvalue weighted by Crippen LogP contribution is -2.23. The average molecular weight is 368 g/mol. The molecule has 0 saturated carbocycles. The normalized spacial score (nSPS) is 11.6. The second kappa shape index (κ2) is 6.62. The third kappa shape index (κ3) is 3.73. The lowest BCUT2D eigenvalue weighted by molar-refractivity contribution is -0.275. The molecule has 3 rings (SSSR count). The van der Waals surface area contributed by atoms with E-state index in [4.69, 9.17) is 0 Å². The third-order valence-corrected chi connectivity index (χ3v) is 3.56. The summed E-state index contributed by atoms with van der Waals surface area (Å²) in [6.45, 7) is 1.95. The molecule has 136 valence electrons. The van der Waals surface area contributed by atoms with Gasteiger partial charge in [-0.3, -0.25) is 4.79 Å². The molecular formula is C16H12F4N4O2. The van der Waals surface area contributed by atoms with Gasteiger partial charge in [0.1, 0.15) is 0 Å². The largest absolute Gasteiger partial charge is 0.573 e. The number of halogens is 4. The summed E-state index contributed by atoms with van der Waals surface area (Å²) in [7, 11) is 0. The molecule has 0 bridgehead atoms. The van der Waals surface area contributed by atoms with Crippen molar-refractivity contribution in [2.24, 2.45) is 0 Å². The summed E-state index contributed by atoms with van der Waals surface area (Å²) < 4.78 is 55.0. The predicted molar refractivity (Wildman–Crippen MR) is 82.0 cm³/mol. The first-order valence-electron chi connectivity index (χ1n) is 7.36. The van der Waals surface area contributed by atoms with E-state index in [9.17, 15) is 22.4 Å². The molecule has 0 spiro atoms. The fraction of sp³-hybridized carbons (Fsp3) is 0.188. The minimum absolute atomic E-state index is 0.0945. The Morgan fingerprint density at radius 2 is 2.04 bits per heavy atom. The summed E-state index contributed by atoms with van der Waals surface area (Å²) >= 11 is 0. The number of benzene rings is 1. The maximum atomic E-state index is 13.7. The van der Waals surface area contributed by atoms with Crippen LogP contribution in [0.5, 0.6) is 5.75 Å². The molecule has 2 heterocycles. The van der Waals surface area contributed by atoms with E-state index in [-0.39, 0.29) is 12.1 Å². The molecule has 0 fully saturated rings. The van der Waals surface area contributed by atoms with E-state index in [2.05, 4.69) is 20.3 Å². The van der Waals surface area contributed by atoms with Crippen molar-refractivity contribution in [3.8, 4) is 5.75 Å². The van der Waals surface area contributed by atoms with Gasteiger partial charge in [-0.25, -0.2) is 4.39 Å². The summed E-state index contributed by atoms with van der Waals surface area (Å²) in [4.78, 5) is 12.1. The van der Waals surface area contributed by atoms with Gasteiger partial charge in [0.2, 0.25) is 0 Å². The van der Waals surface area contributed by atoms with Crippen LogP contribution in [0.2, 0.25) is 0 Å². The number of amides is 1. The van der Waals surface area contributed by atoms with Crippen molar-refractivity contribution in [2.75, 3.05) is 0 Å². The van der Waals surface area contributed by atoms with Crippen LogP contribution in [-0.2, 0) is 6.54 Å². The Labute approximate surface area is 144 Å². The summed E-state index contributed by atoms with van der Waals surface area (Å²) in [5.41, 5.74) is 2.19. The molecule has 0 radical (unpaired) electrons. The molecular weight excluding hydrogens is 356 g/mol. The van der Waals surface area contributed by atoms with Crippen molar-refractivity contribution in [3.05, 3.63) is 59.2 Å². The van der Waals surface area contributed by atoms with Crippen LogP contribution in [-0.4, -0.2) is 27.1 Å². The molecule has 0 saturated heterocycles. The predicted octanol–water partition coefficient (Wildman–Crippen LogP) is 3.01. The van der Waals surface area contributed by atoms with Crippen molar-refractivity contribution in [3.63, 3.8) is 0 Å². The minimum Gasteiger partial charge on any atom is -0.403 e. The minimum atomic E-state index is -5.01. The molecule has 0 unspecified atom stereocenters. The number of alkyl halides is 3. The van der Waals surface area contributed by atoms with Crippen LogP contribution in [0.25, 0.3) is 5.52 Å².